The van der Waals surface area contributed by atoms with Gasteiger partial charge in [0.2, 0.25) is 5.91 Å². The SMILES string of the molecule is Cc1ccc(C(C)NC(=O)NCCCN2CCCC(C(N)=O)C2)o1. The molecule has 3 amide bonds. The first-order valence-electron chi connectivity index (χ1n) is 8.58. The zero-order valence-electron chi connectivity index (χ0n) is 14.5. The lowest BCUT2D eigenvalue weighted by atomic mass is 9.97. The van der Waals surface area contributed by atoms with Crippen LogP contribution in [-0.2, 0) is 4.79 Å². The van der Waals surface area contributed by atoms with Crippen LogP contribution in [0.2, 0.25) is 0 Å². The van der Waals surface area contributed by atoms with Crippen molar-refractivity contribution in [3.63, 3.8) is 0 Å². The molecule has 0 aromatic carbocycles. The van der Waals surface area contributed by atoms with E-state index in [-0.39, 0.29) is 23.9 Å². The van der Waals surface area contributed by atoms with Crippen molar-refractivity contribution in [2.45, 2.75) is 39.2 Å². The molecule has 24 heavy (non-hydrogen) atoms. The second-order valence-electron chi connectivity index (χ2n) is 6.47. The molecule has 0 spiro atoms. The number of urea groups is 1. The molecule has 1 aromatic rings. The number of likely N-dealkylation sites (tertiary alicyclic amines) is 1. The molecule has 2 unspecified atom stereocenters. The highest BCUT2D eigenvalue weighted by molar-refractivity contribution is 5.77. The van der Waals surface area contributed by atoms with Gasteiger partial charge < -0.3 is 25.7 Å². The van der Waals surface area contributed by atoms with Crippen LogP contribution in [0.5, 0.6) is 0 Å². The van der Waals surface area contributed by atoms with E-state index in [0.717, 1.165) is 50.4 Å². The minimum atomic E-state index is -0.209. The fraction of sp³-hybridized carbons (Fsp3) is 0.647. The predicted octanol–water partition coefficient (Wildman–Crippen LogP) is 1.54. The minimum absolute atomic E-state index is 0.0346. The number of hydrogen-bond donors (Lipinski definition) is 3. The highest BCUT2D eigenvalue weighted by atomic mass is 16.3. The molecular weight excluding hydrogens is 308 g/mol. The Balaban J connectivity index is 1.61. The van der Waals surface area contributed by atoms with E-state index in [1.807, 2.05) is 26.0 Å². The standard InChI is InChI=1S/C17H28N4O3/c1-12-6-7-15(24-12)13(2)20-17(23)19-8-4-10-21-9-3-5-14(11-21)16(18)22/h6-7,13-14H,3-5,8-11H2,1-2H3,(H2,18,22)(H2,19,20,23). The number of piperidine rings is 1. The number of hydrogen-bond acceptors (Lipinski definition) is 4. The monoisotopic (exact) mass is 336 g/mol. The number of rotatable bonds is 7. The van der Waals surface area contributed by atoms with Crippen molar-refractivity contribution in [1.82, 2.24) is 15.5 Å². The summed E-state index contributed by atoms with van der Waals surface area (Å²) < 4.78 is 5.49. The van der Waals surface area contributed by atoms with Crippen molar-refractivity contribution in [2.24, 2.45) is 11.7 Å². The first-order chi connectivity index (χ1) is 11.5. The summed E-state index contributed by atoms with van der Waals surface area (Å²) in [5.41, 5.74) is 5.38. The Hall–Kier alpha value is -2.02. The van der Waals surface area contributed by atoms with Crippen LogP contribution in [0, 0.1) is 12.8 Å². The molecule has 134 valence electrons. The number of amides is 3. The summed E-state index contributed by atoms with van der Waals surface area (Å²) in [6.45, 7) is 6.93. The first-order valence-corrected chi connectivity index (χ1v) is 8.58. The Kier molecular flexibility index (Phi) is 6.66. The Bertz CT molecular complexity index is 558. The van der Waals surface area contributed by atoms with Gasteiger partial charge in [-0.25, -0.2) is 4.79 Å². The Morgan fingerprint density at radius 1 is 1.46 bits per heavy atom. The third-order valence-corrected chi connectivity index (χ3v) is 4.38. The maximum absolute atomic E-state index is 11.9. The van der Waals surface area contributed by atoms with Gasteiger partial charge in [0.05, 0.1) is 12.0 Å². The van der Waals surface area contributed by atoms with Gasteiger partial charge in [0.1, 0.15) is 11.5 Å². The number of carbonyl (C=O) groups excluding carboxylic acids is 2. The van der Waals surface area contributed by atoms with Crippen LogP contribution in [-0.4, -0.2) is 43.0 Å². The Morgan fingerprint density at radius 3 is 2.92 bits per heavy atom. The Labute approximate surface area is 142 Å². The van der Waals surface area contributed by atoms with Crippen LogP contribution in [0.1, 0.15) is 43.7 Å². The quantitative estimate of drug-likeness (QED) is 0.657. The molecular formula is C17H28N4O3. The van der Waals surface area contributed by atoms with E-state index in [1.54, 1.807) is 0 Å². The lowest BCUT2D eigenvalue weighted by molar-refractivity contribution is -0.123. The smallest absolute Gasteiger partial charge is 0.315 e. The minimum Gasteiger partial charge on any atom is -0.464 e. The number of nitrogens with one attached hydrogen (secondary N) is 2. The van der Waals surface area contributed by atoms with Crippen LogP contribution in [0.4, 0.5) is 4.79 Å². The van der Waals surface area contributed by atoms with E-state index in [9.17, 15) is 9.59 Å². The predicted molar refractivity (Wildman–Crippen MR) is 91.4 cm³/mol. The van der Waals surface area contributed by atoms with E-state index >= 15 is 0 Å². The molecule has 1 aliphatic heterocycles. The zero-order valence-corrected chi connectivity index (χ0v) is 14.5. The molecule has 0 radical (unpaired) electrons. The van der Waals surface area contributed by atoms with Gasteiger partial charge in [-0.15, -0.1) is 0 Å². The topological polar surface area (TPSA) is 101 Å². The molecule has 2 rings (SSSR count). The molecule has 4 N–H and O–H groups in total. The fourth-order valence-corrected chi connectivity index (χ4v) is 3.00. The number of carbonyl (C=O) groups is 2. The van der Waals surface area contributed by atoms with Crippen molar-refractivity contribution in [2.75, 3.05) is 26.2 Å². The molecule has 1 aromatic heterocycles. The van der Waals surface area contributed by atoms with Gasteiger partial charge >= 0.3 is 6.03 Å². The lowest BCUT2D eigenvalue weighted by Gasteiger charge is -2.31. The molecule has 1 aliphatic rings. The van der Waals surface area contributed by atoms with Gasteiger partial charge in [-0.05, 0) is 58.3 Å². The van der Waals surface area contributed by atoms with Crippen LogP contribution in [0.25, 0.3) is 0 Å². The van der Waals surface area contributed by atoms with Crippen molar-refractivity contribution in [3.8, 4) is 0 Å². The van der Waals surface area contributed by atoms with Crippen LogP contribution < -0.4 is 16.4 Å². The van der Waals surface area contributed by atoms with Gasteiger partial charge in [-0.2, -0.15) is 0 Å². The summed E-state index contributed by atoms with van der Waals surface area (Å²) >= 11 is 0. The van der Waals surface area contributed by atoms with Gasteiger partial charge in [-0.3, -0.25) is 4.79 Å². The lowest BCUT2D eigenvalue weighted by Crippen LogP contribution is -2.42. The summed E-state index contributed by atoms with van der Waals surface area (Å²) in [5, 5.41) is 5.71. The van der Waals surface area contributed by atoms with E-state index in [0.29, 0.717) is 6.54 Å². The van der Waals surface area contributed by atoms with Gasteiger partial charge in [0.15, 0.2) is 0 Å². The van der Waals surface area contributed by atoms with Crippen molar-refractivity contribution in [3.05, 3.63) is 23.7 Å². The second-order valence-corrected chi connectivity index (χ2v) is 6.47. The van der Waals surface area contributed by atoms with Crippen LogP contribution >= 0.6 is 0 Å². The molecule has 7 heteroatoms. The molecule has 2 heterocycles. The normalized spacial score (nSPS) is 19.7. The molecule has 1 fully saturated rings. The van der Waals surface area contributed by atoms with E-state index in [4.69, 9.17) is 10.2 Å². The number of primary amides is 1. The summed E-state index contributed by atoms with van der Waals surface area (Å²) in [6.07, 6.45) is 2.73. The van der Waals surface area contributed by atoms with Crippen molar-refractivity contribution < 1.29 is 14.0 Å². The summed E-state index contributed by atoms with van der Waals surface area (Å²) in [6, 6.07) is 3.37. The van der Waals surface area contributed by atoms with Crippen molar-refractivity contribution in [1.29, 1.82) is 0 Å². The molecule has 0 saturated carbocycles. The van der Waals surface area contributed by atoms with E-state index < -0.39 is 0 Å². The highest BCUT2D eigenvalue weighted by Gasteiger charge is 2.23. The number of aryl methyl sites for hydroxylation is 1. The average Bonchev–Trinajstić information content (AvgIpc) is 2.98. The Morgan fingerprint density at radius 2 is 2.25 bits per heavy atom. The molecule has 1 saturated heterocycles. The summed E-state index contributed by atoms with van der Waals surface area (Å²) in [7, 11) is 0. The van der Waals surface area contributed by atoms with E-state index in [1.165, 1.54) is 0 Å². The maximum atomic E-state index is 11.9. The van der Waals surface area contributed by atoms with Gasteiger partial charge in [0.25, 0.3) is 0 Å². The number of furan rings is 1. The summed E-state index contributed by atoms with van der Waals surface area (Å²) in [4.78, 5) is 25.4. The highest BCUT2D eigenvalue weighted by Crippen LogP contribution is 2.16. The van der Waals surface area contributed by atoms with E-state index in [2.05, 4.69) is 15.5 Å². The third-order valence-electron chi connectivity index (χ3n) is 4.38. The molecule has 0 aliphatic carbocycles. The van der Waals surface area contributed by atoms with Gasteiger partial charge in [-0.1, -0.05) is 0 Å². The summed E-state index contributed by atoms with van der Waals surface area (Å²) in [5.74, 6) is 1.33. The fourth-order valence-electron chi connectivity index (χ4n) is 3.00. The van der Waals surface area contributed by atoms with Crippen LogP contribution in [0.15, 0.2) is 16.5 Å². The largest absolute Gasteiger partial charge is 0.464 e. The molecule has 0 bridgehead atoms. The third kappa shape index (κ3) is 5.56. The maximum Gasteiger partial charge on any atom is 0.315 e. The number of nitrogens with two attached hydrogens (primary N) is 1. The zero-order chi connectivity index (χ0) is 17.5. The average molecular weight is 336 g/mol. The van der Waals surface area contributed by atoms with Gasteiger partial charge in [0, 0.05) is 13.1 Å². The van der Waals surface area contributed by atoms with Crippen LogP contribution in [0.3, 0.4) is 0 Å². The molecule has 7 nitrogen and oxygen atoms in total. The first kappa shape index (κ1) is 18.3. The molecule has 2 atom stereocenters. The number of nitrogens with zero attached hydrogens (tertiary/aromatic N) is 1. The van der Waals surface area contributed by atoms with Crippen molar-refractivity contribution >= 4 is 11.9 Å². The second kappa shape index (κ2) is 8.73.